The third-order valence-electron chi connectivity index (χ3n) is 4.88. The monoisotopic (exact) mass is 314 g/mol. The van der Waals surface area contributed by atoms with Gasteiger partial charge in [0.2, 0.25) is 0 Å². The van der Waals surface area contributed by atoms with Gasteiger partial charge in [0, 0.05) is 23.2 Å². The van der Waals surface area contributed by atoms with Crippen molar-refractivity contribution in [3.63, 3.8) is 0 Å². The number of hydrogen-bond acceptors (Lipinski definition) is 3. The first-order valence-corrected chi connectivity index (χ1v) is 8.29. The van der Waals surface area contributed by atoms with Crippen molar-refractivity contribution in [2.24, 2.45) is 11.8 Å². The lowest BCUT2D eigenvalue weighted by Gasteiger charge is -2.43. The van der Waals surface area contributed by atoms with Crippen molar-refractivity contribution < 1.29 is 4.52 Å². The lowest BCUT2D eigenvalue weighted by atomic mass is 9.79. The van der Waals surface area contributed by atoms with Crippen molar-refractivity contribution in [3.05, 3.63) is 47.2 Å². The van der Waals surface area contributed by atoms with Crippen LogP contribution < -0.4 is 0 Å². The Kier molecular flexibility index (Phi) is 3.77. The number of fused-ring (bicyclic) bond motifs is 3. The second-order valence-electron chi connectivity index (χ2n) is 6.28. The predicted molar refractivity (Wildman–Crippen MR) is 88.6 cm³/mol. The van der Waals surface area contributed by atoms with Crippen LogP contribution >= 0.6 is 11.6 Å². The maximum Gasteiger partial charge on any atom is 0.159 e. The molecule has 0 radical (unpaired) electrons. The Hall–Kier alpha value is -1.58. The Labute approximate surface area is 135 Å². The summed E-state index contributed by atoms with van der Waals surface area (Å²) >= 11 is 5.91. The zero-order valence-electron chi connectivity index (χ0n) is 12.4. The van der Waals surface area contributed by atoms with Gasteiger partial charge in [-0.25, -0.2) is 0 Å². The summed E-state index contributed by atoms with van der Waals surface area (Å²) in [5.41, 5.74) is 1.88. The first-order valence-electron chi connectivity index (χ1n) is 7.91. The lowest BCUT2D eigenvalue weighted by molar-refractivity contribution is 0.0739. The Morgan fingerprint density at radius 2 is 1.95 bits per heavy atom. The third-order valence-corrected chi connectivity index (χ3v) is 5.13. The largest absolute Gasteiger partial charge is 0.356 e. The van der Waals surface area contributed by atoms with Crippen LogP contribution in [0.25, 0.3) is 17.3 Å². The third kappa shape index (κ3) is 2.83. The van der Waals surface area contributed by atoms with Crippen LogP contribution in [-0.4, -0.2) is 29.7 Å². The molecule has 3 aliphatic heterocycles. The number of piperidine rings is 3. The normalized spacial score (nSPS) is 27.6. The molecule has 0 amide bonds. The van der Waals surface area contributed by atoms with Crippen molar-refractivity contribution in [1.82, 2.24) is 10.1 Å². The fourth-order valence-electron chi connectivity index (χ4n) is 3.57. The summed E-state index contributed by atoms with van der Waals surface area (Å²) in [6.45, 7) is 3.75. The minimum absolute atomic E-state index is 0.659. The zero-order valence-corrected chi connectivity index (χ0v) is 13.2. The molecule has 1 aromatic carbocycles. The highest BCUT2D eigenvalue weighted by Gasteiger charge is 2.32. The van der Waals surface area contributed by atoms with E-state index in [0.717, 1.165) is 28.0 Å². The molecule has 0 spiro atoms. The van der Waals surface area contributed by atoms with E-state index in [4.69, 9.17) is 16.1 Å². The molecule has 1 atom stereocenters. The Morgan fingerprint density at radius 3 is 2.64 bits per heavy atom. The van der Waals surface area contributed by atoms with Gasteiger partial charge in [-0.05, 0) is 56.0 Å². The van der Waals surface area contributed by atoms with E-state index in [1.807, 2.05) is 30.3 Å². The van der Waals surface area contributed by atoms with Crippen LogP contribution in [0.4, 0.5) is 0 Å². The molecule has 2 aromatic rings. The lowest BCUT2D eigenvalue weighted by Crippen LogP contribution is -2.46. The smallest absolute Gasteiger partial charge is 0.159 e. The highest BCUT2D eigenvalue weighted by atomic mass is 35.5. The number of aromatic nitrogens is 1. The SMILES string of the molecule is Clc1ccc(-c2cc(C=CC3CN4CCC3CC4)on2)cc1. The molecule has 1 unspecified atom stereocenters. The van der Waals surface area contributed by atoms with Gasteiger partial charge in [0.25, 0.3) is 0 Å². The molecule has 3 saturated heterocycles. The summed E-state index contributed by atoms with van der Waals surface area (Å²) in [4.78, 5) is 2.56. The van der Waals surface area contributed by atoms with E-state index in [9.17, 15) is 0 Å². The highest BCUT2D eigenvalue weighted by Crippen LogP contribution is 2.33. The van der Waals surface area contributed by atoms with Gasteiger partial charge in [0.1, 0.15) is 5.69 Å². The van der Waals surface area contributed by atoms with Crippen LogP contribution in [0.1, 0.15) is 18.6 Å². The van der Waals surface area contributed by atoms with Gasteiger partial charge in [0.05, 0.1) is 0 Å². The second kappa shape index (κ2) is 5.90. The number of rotatable bonds is 3. The van der Waals surface area contributed by atoms with Crippen molar-refractivity contribution in [2.75, 3.05) is 19.6 Å². The Morgan fingerprint density at radius 1 is 1.18 bits per heavy atom. The molecular formula is C18H19ClN2O. The van der Waals surface area contributed by atoms with E-state index < -0.39 is 0 Å². The van der Waals surface area contributed by atoms with Gasteiger partial charge in [-0.15, -0.1) is 0 Å². The van der Waals surface area contributed by atoms with Crippen LogP contribution in [0.3, 0.4) is 0 Å². The van der Waals surface area contributed by atoms with Crippen LogP contribution in [0.2, 0.25) is 5.02 Å². The van der Waals surface area contributed by atoms with E-state index in [1.54, 1.807) is 0 Å². The molecule has 4 heterocycles. The van der Waals surface area contributed by atoms with Crippen molar-refractivity contribution in [2.45, 2.75) is 12.8 Å². The topological polar surface area (TPSA) is 29.3 Å². The molecule has 3 aliphatic rings. The van der Waals surface area contributed by atoms with E-state index >= 15 is 0 Å². The summed E-state index contributed by atoms with van der Waals surface area (Å²) in [6, 6.07) is 9.64. The Balaban J connectivity index is 1.47. The molecule has 3 nitrogen and oxygen atoms in total. The van der Waals surface area contributed by atoms with Crippen LogP contribution in [0.5, 0.6) is 0 Å². The van der Waals surface area contributed by atoms with Gasteiger partial charge in [-0.3, -0.25) is 0 Å². The van der Waals surface area contributed by atoms with E-state index in [0.29, 0.717) is 5.92 Å². The molecule has 3 fully saturated rings. The van der Waals surface area contributed by atoms with E-state index in [-0.39, 0.29) is 0 Å². The molecule has 5 rings (SSSR count). The number of nitrogens with zero attached hydrogens (tertiary/aromatic N) is 2. The molecule has 114 valence electrons. The predicted octanol–water partition coefficient (Wildman–Crippen LogP) is 4.35. The number of halogens is 1. The Bertz CT molecular complexity index is 669. The molecule has 4 heteroatoms. The average molecular weight is 315 g/mol. The summed E-state index contributed by atoms with van der Waals surface area (Å²) in [5.74, 6) is 2.33. The molecule has 0 saturated carbocycles. The van der Waals surface area contributed by atoms with Crippen molar-refractivity contribution >= 4 is 17.7 Å². The number of benzene rings is 1. The molecule has 0 aliphatic carbocycles. The van der Waals surface area contributed by atoms with Gasteiger partial charge >= 0.3 is 0 Å². The highest BCUT2D eigenvalue weighted by molar-refractivity contribution is 6.30. The summed E-state index contributed by atoms with van der Waals surface area (Å²) in [7, 11) is 0. The molecular weight excluding hydrogens is 296 g/mol. The summed E-state index contributed by atoms with van der Waals surface area (Å²) in [6.07, 6.45) is 7.06. The van der Waals surface area contributed by atoms with Crippen LogP contribution in [-0.2, 0) is 0 Å². The zero-order chi connectivity index (χ0) is 14.9. The second-order valence-corrected chi connectivity index (χ2v) is 6.72. The first kappa shape index (κ1) is 14.0. The van der Waals surface area contributed by atoms with Gasteiger partial charge in [-0.2, -0.15) is 0 Å². The molecule has 0 N–H and O–H groups in total. The van der Waals surface area contributed by atoms with Crippen molar-refractivity contribution in [1.29, 1.82) is 0 Å². The van der Waals surface area contributed by atoms with E-state index in [2.05, 4.69) is 22.2 Å². The fraction of sp³-hybridized carbons (Fsp3) is 0.389. The minimum Gasteiger partial charge on any atom is -0.356 e. The minimum atomic E-state index is 0.659. The van der Waals surface area contributed by atoms with Crippen molar-refractivity contribution in [3.8, 4) is 11.3 Å². The summed E-state index contributed by atoms with van der Waals surface area (Å²) in [5, 5.41) is 4.88. The van der Waals surface area contributed by atoms with Crippen LogP contribution in [0, 0.1) is 11.8 Å². The quantitative estimate of drug-likeness (QED) is 0.843. The molecule has 2 bridgehead atoms. The molecule has 22 heavy (non-hydrogen) atoms. The van der Waals surface area contributed by atoms with E-state index in [1.165, 1.54) is 32.5 Å². The fourth-order valence-corrected chi connectivity index (χ4v) is 3.70. The first-order chi connectivity index (χ1) is 10.8. The standard InChI is InChI=1S/C18H19ClN2O/c19-16-4-1-14(2-5-16)18-11-17(22-20-18)6-3-15-12-21-9-7-13(15)8-10-21/h1-6,11,13,15H,7-10,12H2. The molecule has 1 aromatic heterocycles. The number of hydrogen-bond donors (Lipinski definition) is 0. The maximum atomic E-state index is 5.91. The van der Waals surface area contributed by atoms with Gasteiger partial charge in [0.15, 0.2) is 5.76 Å². The van der Waals surface area contributed by atoms with Gasteiger partial charge < -0.3 is 9.42 Å². The summed E-state index contributed by atoms with van der Waals surface area (Å²) < 4.78 is 5.44. The average Bonchev–Trinajstić information content (AvgIpc) is 3.04. The van der Waals surface area contributed by atoms with Gasteiger partial charge in [-0.1, -0.05) is 35.0 Å². The van der Waals surface area contributed by atoms with Crippen LogP contribution in [0.15, 0.2) is 40.9 Å². The maximum absolute atomic E-state index is 5.91.